The van der Waals surface area contributed by atoms with Crippen LogP contribution in [0.1, 0.15) is 45.6 Å². The maximum Gasteiger partial charge on any atom is 0.407 e. The number of carbonyl (C=O) groups is 4. The van der Waals surface area contributed by atoms with E-state index in [2.05, 4.69) is 16.0 Å². The number of rotatable bonds is 13. The van der Waals surface area contributed by atoms with Crippen LogP contribution in [0.25, 0.3) is 10.1 Å². The van der Waals surface area contributed by atoms with Crippen molar-refractivity contribution in [3.8, 4) is 0 Å². The van der Waals surface area contributed by atoms with E-state index in [-0.39, 0.29) is 37.9 Å². The number of alkyl carbamates (subject to hydrolysis) is 1. The highest BCUT2D eigenvalue weighted by Crippen LogP contribution is 2.25. The minimum Gasteiger partial charge on any atom is -0.469 e. The SMILES string of the molecule is COC(=O)CCc1ccccc1NC(=O)[C@H](CCCNC(=O)OCc1ccccc1C)NC(=O)c1cc2ccccc2s1. The molecule has 0 fully saturated rings. The van der Waals surface area contributed by atoms with Gasteiger partial charge in [-0.1, -0.05) is 60.7 Å². The number of hydrogen-bond acceptors (Lipinski definition) is 7. The van der Waals surface area contributed by atoms with Gasteiger partial charge in [0.05, 0.1) is 12.0 Å². The van der Waals surface area contributed by atoms with Crippen molar-refractivity contribution in [2.45, 2.75) is 45.3 Å². The zero-order valence-electron chi connectivity index (χ0n) is 24.2. The number of hydrogen-bond donors (Lipinski definition) is 3. The molecule has 4 aromatic rings. The van der Waals surface area contributed by atoms with Gasteiger partial charge in [-0.05, 0) is 66.5 Å². The maximum absolute atomic E-state index is 13.5. The molecule has 0 aliphatic carbocycles. The number of nitrogens with one attached hydrogen (secondary N) is 3. The average Bonchev–Trinajstić information content (AvgIpc) is 3.46. The molecule has 4 rings (SSSR count). The van der Waals surface area contributed by atoms with Gasteiger partial charge in [0.15, 0.2) is 0 Å². The van der Waals surface area contributed by atoms with Crippen molar-refractivity contribution in [1.82, 2.24) is 10.6 Å². The number of aryl methyl sites for hydroxylation is 2. The zero-order valence-corrected chi connectivity index (χ0v) is 25.0. The molecule has 1 aromatic heterocycles. The van der Waals surface area contributed by atoms with Crippen molar-refractivity contribution in [1.29, 1.82) is 0 Å². The van der Waals surface area contributed by atoms with Gasteiger partial charge in [-0.15, -0.1) is 11.3 Å². The minimum atomic E-state index is -0.879. The van der Waals surface area contributed by atoms with Crippen LogP contribution < -0.4 is 16.0 Å². The largest absolute Gasteiger partial charge is 0.469 e. The molecule has 1 atom stereocenters. The summed E-state index contributed by atoms with van der Waals surface area (Å²) in [6.45, 7) is 2.36. The number of thiophene rings is 1. The van der Waals surface area contributed by atoms with Crippen LogP contribution in [-0.2, 0) is 32.1 Å². The lowest BCUT2D eigenvalue weighted by Crippen LogP contribution is -2.44. The quantitative estimate of drug-likeness (QED) is 0.132. The maximum atomic E-state index is 13.5. The Morgan fingerprint density at radius 1 is 0.907 bits per heavy atom. The van der Waals surface area contributed by atoms with Crippen molar-refractivity contribution in [3.05, 3.63) is 100 Å². The van der Waals surface area contributed by atoms with E-state index in [9.17, 15) is 19.2 Å². The van der Waals surface area contributed by atoms with Crippen LogP contribution in [0.2, 0.25) is 0 Å². The first-order valence-corrected chi connectivity index (χ1v) is 14.9. The van der Waals surface area contributed by atoms with Crippen molar-refractivity contribution in [2.75, 3.05) is 19.0 Å². The normalized spacial score (nSPS) is 11.4. The summed E-state index contributed by atoms with van der Waals surface area (Å²) in [5, 5.41) is 9.45. The molecular weight excluding hydrogens is 566 g/mol. The molecular formula is C33H35N3O6S. The number of amides is 3. The summed E-state index contributed by atoms with van der Waals surface area (Å²) < 4.78 is 11.0. The molecule has 1 heterocycles. The molecule has 9 nitrogen and oxygen atoms in total. The summed E-state index contributed by atoms with van der Waals surface area (Å²) in [6.07, 6.45) is 0.675. The Hall–Kier alpha value is -4.70. The lowest BCUT2D eigenvalue weighted by molar-refractivity contribution is -0.140. The van der Waals surface area contributed by atoms with Crippen LogP contribution in [0.3, 0.4) is 0 Å². The van der Waals surface area contributed by atoms with E-state index in [1.54, 1.807) is 18.2 Å². The van der Waals surface area contributed by atoms with Gasteiger partial charge in [0.2, 0.25) is 5.91 Å². The van der Waals surface area contributed by atoms with Gasteiger partial charge >= 0.3 is 12.1 Å². The number of esters is 1. The zero-order chi connectivity index (χ0) is 30.6. The number of anilines is 1. The van der Waals surface area contributed by atoms with Gasteiger partial charge < -0.3 is 25.4 Å². The first-order chi connectivity index (χ1) is 20.8. The molecule has 0 unspecified atom stereocenters. The topological polar surface area (TPSA) is 123 Å². The fourth-order valence-electron chi connectivity index (χ4n) is 4.47. The predicted octanol–water partition coefficient (Wildman–Crippen LogP) is 5.76. The minimum absolute atomic E-state index is 0.157. The van der Waals surface area contributed by atoms with E-state index < -0.39 is 18.0 Å². The molecule has 0 bridgehead atoms. The van der Waals surface area contributed by atoms with Crippen molar-refractivity contribution in [3.63, 3.8) is 0 Å². The van der Waals surface area contributed by atoms with Gasteiger partial charge in [0.1, 0.15) is 12.6 Å². The van der Waals surface area contributed by atoms with Crippen LogP contribution in [0.15, 0.2) is 78.9 Å². The summed E-state index contributed by atoms with van der Waals surface area (Å²) in [5.74, 6) is -1.10. The highest BCUT2D eigenvalue weighted by atomic mass is 32.1. The van der Waals surface area contributed by atoms with Gasteiger partial charge in [-0.25, -0.2) is 4.79 Å². The number of benzene rings is 3. The van der Waals surface area contributed by atoms with Crippen LogP contribution in [0, 0.1) is 6.92 Å². The standard InChI is InChI=1S/C33H35N3O6S/c1-22-10-3-4-13-25(22)21-42-33(40)34-19-9-15-27(36-32(39)29-20-24-12-6-8-16-28(24)43-29)31(38)35-26-14-7-5-11-23(26)17-18-30(37)41-2/h3-8,10-14,16,20,27H,9,15,17-19,21H2,1-2H3,(H,34,40)(H,35,38)(H,36,39)/t27-/m0/s1. The molecule has 0 aliphatic rings. The lowest BCUT2D eigenvalue weighted by atomic mass is 10.1. The predicted molar refractivity (Wildman–Crippen MR) is 167 cm³/mol. The number of methoxy groups -OCH3 is 1. The summed E-state index contributed by atoms with van der Waals surface area (Å²) >= 11 is 1.35. The molecule has 0 spiro atoms. The summed E-state index contributed by atoms with van der Waals surface area (Å²) in [5.41, 5.74) is 3.28. The fourth-order valence-corrected chi connectivity index (χ4v) is 5.44. The molecule has 0 radical (unpaired) electrons. The Morgan fingerprint density at radius 2 is 1.63 bits per heavy atom. The number of carbonyl (C=O) groups excluding carboxylic acids is 4. The van der Waals surface area contributed by atoms with Crippen LogP contribution in [0.5, 0.6) is 0 Å². The summed E-state index contributed by atoms with van der Waals surface area (Å²) in [6, 6.07) is 23.5. The first-order valence-electron chi connectivity index (χ1n) is 14.0. The second-order valence-corrected chi connectivity index (χ2v) is 11.1. The van der Waals surface area contributed by atoms with Crippen LogP contribution >= 0.6 is 11.3 Å². The Kier molecular flexibility index (Phi) is 11.3. The second kappa shape index (κ2) is 15.5. The first kappa shape index (κ1) is 31.2. The fraction of sp³-hybridized carbons (Fsp3) is 0.273. The van der Waals surface area contributed by atoms with Gasteiger partial charge in [0.25, 0.3) is 5.91 Å². The summed E-state index contributed by atoms with van der Waals surface area (Å²) in [4.78, 5) is 51.1. The van der Waals surface area contributed by atoms with E-state index in [0.29, 0.717) is 23.4 Å². The Morgan fingerprint density at radius 3 is 2.40 bits per heavy atom. The number of para-hydroxylation sites is 1. The van der Waals surface area contributed by atoms with E-state index >= 15 is 0 Å². The monoisotopic (exact) mass is 601 g/mol. The van der Waals surface area contributed by atoms with Gasteiger partial charge in [-0.2, -0.15) is 0 Å². The molecule has 3 N–H and O–H groups in total. The van der Waals surface area contributed by atoms with Gasteiger partial charge in [-0.3, -0.25) is 14.4 Å². The molecule has 3 aromatic carbocycles. The highest BCUT2D eigenvalue weighted by Gasteiger charge is 2.23. The van der Waals surface area contributed by atoms with Crippen molar-refractivity contribution in [2.24, 2.45) is 0 Å². The van der Waals surface area contributed by atoms with Crippen LogP contribution in [-0.4, -0.2) is 43.6 Å². The highest BCUT2D eigenvalue weighted by molar-refractivity contribution is 7.20. The Balaban J connectivity index is 1.39. The lowest BCUT2D eigenvalue weighted by Gasteiger charge is -2.19. The second-order valence-electron chi connectivity index (χ2n) is 9.97. The van der Waals surface area contributed by atoms with Crippen molar-refractivity contribution < 1.29 is 28.7 Å². The van der Waals surface area contributed by atoms with E-state index in [1.165, 1.54) is 18.4 Å². The third kappa shape index (κ3) is 9.14. The van der Waals surface area contributed by atoms with E-state index in [4.69, 9.17) is 9.47 Å². The number of ether oxygens (including phenoxy) is 2. The number of fused-ring (bicyclic) bond motifs is 1. The molecule has 0 saturated heterocycles. The molecule has 10 heteroatoms. The Bertz CT molecular complexity index is 1550. The Labute approximate surface area is 254 Å². The third-order valence-corrected chi connectivity index (χ3v) is 8.05. The molecule has 43 heavy (non-hydrogen) atoms. The smallest absolute Gasteiger partial charge is 0.407 e. The third-order valence-electron chi connectivity index (χ3n) is 6.93. The van der Waals surface area contributed by atoms with E-state index in [0.717, 1.165) is 26.8 Å². The molecule has 224 valence electrons. The molecule has 0 aliphatic heterocycles. The average molecular weight is 602 g/mol. The van der Waals surface area contributed by atoms with E-state index in [1.807, 2.05) is 67.6 Å². The van der Waals surface area contributed by atoms with Crippen molar-refractivity contribution >= 4 is 51.0 Å². The molecule has 3 amide bonds. The molecule has 0 saturated carbocycles. The van der Waals surface area contributed by atoms with Crippen LogP contribution in [0.4, 0.5) is 10.5 Å². The van der Waals surface area contributed by atoms with Gasteiger partial charge in [0, 0.05) is 23.4 Å². The summed E-state index contributed by atoms with van der Waals surface area (Å²) in [7, 11) is 1.33.